The van der Waals surface area contributed by atoms with Crippen LogP contribution in [0.1, 0.15) is 18.0 Å². The van der Waals surface area contributed by atoms with Crippen LogP contribution in [0, 0.1) is 17.1 Å². The fourth-order valence-electron chi connectivity index (χ4n) is 2.29. The summed E-state index contributed by atoms with van der Waals surface area (Å²) in [6, 6.07) is 6.90. The maximum Gasteiger partial charge on any atom is 0.146 e. The molecule has 1 aliphatic heterocycles. The molecule has 1 heterocycles. The van der Waals surface area contributed by atoms with Crippen molar-refractivity contribution in [2.45, 2.75) is 12.5 Å². The zero-order chi connectivity index (χ0) is 13.0. The van der Waals surface area contributed by atoms with Crippen LogP contribution in [0.5, 0.6) is 0 Å². The van der Waals surface area contributed by atoms with Crippen LogP contribution in [-0.2, 0) is 0 Å². The maximum atomic E-state index is 14.0. The largest absolute Gasteiger partial charge is 0.314 e. The van der Waals surface area contributed by atoms with Gasteiger partial charge in [0.1, 0.15) is 5.82 Å². The molecule has 1 aromatic carbocycles. The number of hydrogen-bond donors (Lipinski definition) is 1. The van der Waals surface area contributed by atoms with E-state index in [0.717, 1.165) is 26.2 Å². The third-order valence-electron chi connectivity index (χ3n) is 3.22. The van der Waals surface area contributed by atoms with Crippen molar-refractivity contribution in [1.29, 1.82) is 5.26 Å². The number of piperazine rings is 1. The Hall–Kier alpha value is -1.15. The second-order valence-electron chi connectivity index (χ2n) is 4.31. The molecule has 1 fully saturated rings. The van der Waals surface area contributed by atoms with Gasteiger partial charge in [-0.1, -0.05) is 23.7 Å². The number of nitriles is 1. The average Bonchev–Trinajstić information content (AvgIpc) is 2.41. The van der Waals surface area contributed by atoms with Crippen LogP contribution in [0.2, 0.25) is 5.02 Å². The van der Waals surface area contributed by atoms with Crippen molar-refractivity contribution in [2.75, 3.05) is 26.2 Å². The van der Waals surface area contributed by atoms with E-state index in [1.807, 2.05) is 0 Å². The molecule has 0 aliphatic carbocycles. The van der Waals surface area contributed by atoms with Gasteiger partial charge in [-0.25, -0.2) is 4.39 Å². The molecule has 1 aliphatic rings. The van der Waals surface area contributed by atoms with Gasteiger partial charge >= 0.3 is 0 Å². The van der Waals surface area contributed by atoms with Crippen LogP contribution in [-0.4, -0.2) is 31.1 Å². The molecule has 2 rings (SSSR count). The quantitative estimate of drug-likeness (QED) is 0.914. The summed E-state index contributed by atoms with van der Waals surface area (Å²) < 4.78 is 14.0. The van der Waals surface area contributed by atoms with Gasteiger partial charge in [-0.2, -0.15) is 5.26 Å². The van der Waals surface area contributed by atoms with Gasteiger partial charge in [0.05, 0.1) is 23.6 Å². The Morgan fingerprint density at radius 3 is 2.83 bits per heavy atom. The second-order valence-corrected chi connectivity index (χ2v) is 4.71. The first-order valence-electron chi connectivity index (χ1n) is 5.99. The first-order valence-corrected chi connectivity index (χ1v) is 6.37. The fraction of sp³-hybridized carbons (Fsp3) is 0.462. The Morgan fingerprint density at radius 1 is 1.44 bits per heavy atom. The third-order valence-corrected chi connectivity index (χ3v) is 3.51. The predicted molar refractivity (Wildman–Crippen MR) is 68.8 cm³/mol. The monoisotopic (exact) mass is 267 g/mol. The van der Waals surface area contributed by atoms with Crippen LogP contribution in [0.15, 0.2) is 18.2 Å². The van der Waals surface area contributed by atoms with E-state index in [0.29, 0.717) is 5.56 Å². The molecule has 18 heavy (non-hydrogen) atoms. The highest BCUT2D eigenvalue weighted by molar-refractivity contribution is 6.30. The van der Waals surface area contributed by atoms with Gasteiger partial charge in [0.15, 0.2) is 0 Å². The summed E-state index contributed by atoms with van der Waals surface area (Å²) in [7, 11) is 0. The lowest BCUT2D eigenvalue weighted by Crippen LogP contribution is -2.45. The van der Waals surface area contributed by atoms with Crippen LogP contribution in [0.3, 0.4) is 0 Å². The topological polar surface area (TPSA) is 39.1 Å². The van der Waals surface area contributed by atoms with Crippen molar-refractivity contribution in [2.24, 2.45) is 0 Å². The highest BCUT2D eigenvalue weighted by Gasteiger charge is 2.25. The summed E-state index contributed by atoms with van der Waals surface area (Å²) in [5.74, 6) is -0.405. The molecule has 1 atom stereocenters. The van der Waals surface area contributed by atoms with Crippen molar-refractivity contribution in [3.05, 3.63) is 34.6 Å². The van der Waals surface area contributed by atoms with Gasteiger partial charge in [-0.05, 0) is 6.07 Å². The van der Waals surface area contributed by atoms with Crippen molar-refractivity contribution in [3.63, 3.8) is 0 Å². The smallest absolute Gasteiger partial charge is 0.146 e. The van der Waals surface area contributed by atoms with Crippen molar-refractivity contribution < 1.29 is 4.39 Å². The Bertz CT molecular complexity index is 452. The molecule has 1 aromatic rings. The Morgan fingerprint density at radius 2 is 2.17 bits per heavy atom. The lowest BCUT2D eigenvalue weighted by atomic mass is 10.0. The highest BCUT2D eigenvalue weighted by atomic mass is 35.5. The van der Waals surface area contributed by atoms with Gasteiger partial charge in [0, 0.05) is 31.7 Å². The summed E-state index contributed by atoms with van der Waals surface area (Å²) >= 11 is 5.81. The minimum absolute atomic E-state index is 0.116. The molecule has 0 unspecified atom stereocenters. The van der Waals surface area contributed by atoms with Gasteiger partial charge in [0.2, 0.25) is 0 Å². The molecule has 3 nitrogen and oxygen atoms in total. The van der Waals surface area contributed by atoms with Gasteiger partial charge in [0.25, 0.3) is 0 Å². The average molecular weight is 268 g/mol. The molecule has 96 valence electrons. The molecule has 0 amide bonds. The van der Waals surface area contributed by atoms with Gasteiger partial charge in [-0.15, -0.1) is 0 Å². The molecule has 0 bridgehead atoms. The molecule has 0 aromatic heterocycles. The SMILES string of the molecule is N#CC[C@H](c1cccc(Cl)c1F)N1CCNCC1. The number of nitrogens with one attached hydrogen (secondary N) is 1. The van der Waals surface area contributed by atoms with E-state index in [2.05, 4.69) is 16.3 Å². The van der Waals surface area contributed by atoms with Crippen LogP contribution in [0.25, 0.3) is 0 Å². The van der Waals surface area contributed by atoms with E-state index >= 15 is 0 Å². The number of nitrogens with zero attached hydrogens (tertiary/aromatic N) is 2. The number of rotatable bonds is 3. The Kier molecular flexibility index (Phi) is 4.54. The van der Waals surface area contributed by atoms with Crippen LogP contribution < -0.4 is 5.32 Å². The third kappa shape index (κ3) is 2.81. The van der Waals surface area contributed by atoms with E-state index in [4.69, 9.17) is 16.9 Å². The summed E-state index contributed by atoms with van der Waals surface area (Å²) in [6.45, 7) is 3.37. The van der Waals surface area contributed by atoms with Crippen molar-refractivity contribution in [3.8, 4) is 6.07 Å². The van der Waals surface area contributed by atoms with Crippen LogP contribution >= 0.6 is 11.6 Å². The van der Waals surface area contributed by atoms with Gasteiger partial charge < -0.3 is 5.32 Å². The summed E-state index contributed by atoms with van der Waals surface area (Å²) in [4.78, 5) is 2.13. The zero-order valence-electron chi connectivity index (χ0n) is 10.00. The minimum atomic E-state index is -0.405. The standard InChI is InChI=1S/C13H15ClFN3/c14-11-3-1-2-10(13(11)15)12(4-5-16)18-8-6-17-7-9-18/h1-3,12,17H,4,6-9H2/t12-/m1/s1. The van der Waals surface area contributed by atoms with Crippen molar-refractivity contribution >= 4 is 11.6 Å². The normalized spacial score (nSPS) is 18.3. The number of benzene rings is 1. The highest BCUT2D eigenvalue weighted by Crippen LogP contribution is 2.29. The molecule has 1 N–H and O–H groups in total. The molecular formula is C13H15ClFN3. The first-order chi connectivity index (χ1) is 8.74. The number of halogens is 2. The first kappa shape index (κ1) is 13.3. The van der Waals surface area contributed by atoms with E-state index in [-0.39, 0.29) is 17.5 Å². The Balaban J connectivity index is 2.28. The van der Waals surface area contributed by atoms with Crippen LogP contribution in [0.4, 0.5) is 4.39 Å². The van der Waals surface area contributed by atoms with E-state index in [1.165, 1.54) is 6.07 Å². The van der Waals surface area contributed by atoms with Crippen molar-refractivity contribution in [1.82, 2.24) is 10.2 Å². The molecular weight excluding hydrogens is 253 g/mol. The summed E-state index contributed by atoms with van der Waals surface area (Å²) in [5, 5.41) is 12.3. The van der Waals surface area contributed by atoms with Gasteiger partial charge in [-0.3, -0.25) is 4.90 Å². The maximum absolute atomic E-state index is 14.0. The lowest BCUT2D eigenvalue weighted by Gasteiger charge is -2.34. The molecule has 5 heteroatoms. The minimum Gasteiger partial charge on any atom is -0.314 e. The molecule has 0 spiro atoms. The molecule has 0 saturated carbocycles. The number of hydrogen-bond acceptors (Lipinski definition) is 3. The summed E-state index contributed by atoms with van der Waals surface area (Å²) in [6.07, 6.45) is 0.275. The lowest BCUT2D eigenvalue weighted by molar-refractivity contribution is 0.172. The predicted octanol–water partition coefficient (Wildman–Crippen LogP) is 2.34. The van der Waals surface area contributed by atoms with E-state index in [1.54, 1.807) is 12.1 Å². The molecule has 1 saturated heterocycles. The zero-order valence-corrected chi connectivity index (χ0v) is 10.8. The molecule has 0 radical (unpaired) electrons. The fourth-order valence-corrected chi connectivity index (χ4v) is 2.48. The van der Waals surface area contributed by atoms with E-state index in [9.17, 15) is 4.39 Å². The van der Waals surface area contributed by atoms with E-state index < -0.39 is 5.82 Å². The Labute approximate surface area is 111 Å². The summed E-state index contributed by atoms with van der Waals surface area (Å²) in [5.41, 5.74) is 0.519. The second kappa shape index (κ2) is 6.14.